The van der Waals surface area contributed by atoms with Gasteiger partial charge in [0.25, 0.3) is 0 Å². The first-order valence-corrected chi connectivity index (χ1v) is 7.68. The minimum absolute atomic E-state index is 0.0406. The van der Waals surface area contributed by atoms with Crippen LogP contribution in [0.3, 0.4) is 0 Å². The predicted octanol–water partition coefficient (Wildman–Crippen LogP) is 4.97. The third-order valence-electron chi connectivity index (χ3n) is 4.18. The van der Waals surface area contributed by atoms with Gasteiger partial charge in [-0.05, 0) is 52.9 Å². The van der Waals surface area contributed by atoms with E-state index in [1.165, 1.54) is 13.2 Å². The van der Waals surface area contributed by atoms with Crippen molar-refractivity contribution in [2.45, 2.75) is 6.18 Å². The summed E-state index contributed by atoms with van der Waals surface area (Å²) in [6.45, 7) is 0. The molecule has 26 heavy (non-hydrogen) atoms. The normalized spacial score (nSPS) is 12.0. The molecule has 0 atom stereocenters. The molecule has 4 nitrogen and oxygen atoms in total. The average Bonchev–Trinajstić information content (AvgIpc) is 3.06. The highest BCUT2D eigenvalue weighted by molar-refractivity contribution is 5.99. The molecular formula is C19H12F3NO3. The molecule has 0 unspecified atom stereocenters. The van der Waals surface area contributed by atoms with E-state index in [-0.39, 0.29) is 16.9 Å². The summed E-state index contributed by atoms with van der Waals surface area (Å²) in [6, 6.07) is 12.5. The zero-order valence-electron chi connectivity index (χ0n) is 13.5. The monoisotopic (exact) mass is 359 g/mol. The van der Waals surface area contributed by atoms with Gasteiger partial charge in [-0.1, -0.05) is 6.07 Å². The zero-order valence-corrected chi connectivity index (χ0v) is 13.5. The fourth-order valence-corrected chi connectivity index (χ4v) is 2.97. The second-order valence-electron chi connectivity index (χ2n) is 5.79. The summed E-state index contributed by atoms with van der Waals surface area (Å²) >= 11 is 0. The van der Waals surface area contributed by atoms with E-state index in [1.54, 1.807) is 36.4 Å². The molecule has 0 spiro atoms. The maximum absolute atomic E-state index is 13.1. The second-order valence-corrected chi connectivity index (χ2v) is 5.79. The van der Waals surface area contributed by atoms with Crippen LogP contribution in [0, 0.1) is 0 Å². The average molecular weight is 359 g/mol. The molecule has 2 aromatic carbocycles. The fourth-order valence-electron chi connectivity index (χ4n) is 2.97. The number of H-pyrrole nitrogens is 1. The lowest BCUT2D eigenvalue weighted by molar-refractivity contribution is -0.152. The van der Waals surface area contributed by atoms with Crippen molar-refractivity contribution in [1.29, 1.82) is 0 Å². The number of hydrogen-bond donors (Lipinski definition) is 1. The number of methoxy groups -OCH3 is 1. The number of benzene rings is 2. The Balaban J connectivity index is 1.98. The van der Waals surface area contributed by atoms with Gasteiger partial charge in [-0.3, -0.25) is 4.79 Å². The van der Waals surface area contributed by atoms with Gasteiger partial charge < -0.3 is 14.1 Å². The van der Waals surface area contributed by atoms with Gasteiger partial charge in [0, 0.05) is 17.0 Å². The Morgan fingerprint density at radius 3 is 2.58 bits per heavy atom. The number of aromatic amines is 1. The third-order valence-corrected chi connectivity index (χ3v) is 4.18. The van der Waals surface area contributed by atoms with Crippen LogP contribution in [-0.4, -0.2) is 12.1 Å². The van der Waals surface area contributed by atoms with Gasteiger partial charge in [0.05, 0.1) is 7.11 Å². The van der Waals surface area contributed by atoms with Crippen LogP contribution in [0.15, 0.2) is 57.7 Å². The van der Waals surface area contributed by atoms with E-state index >= 15 is 0 Å². The summed E-state index contributed by atoms with van der Waals surface area (Å²) in [5.74, 6) is -0.854. The summed E-state index contributed by atoms with van der Waals surface area (Å²) in [7, 11) is 1.37. The maximum atomic E-state index is 13.1. The van der Waals surface area contributed by atoms with Crippen LogP contribution in [0.25, 0.3) is 33.0 Å². The van der Waals surface area contributed by atoms with E-state index in [0.29, 0.717) is 22.0 Å². The number of aromatic nitrogens is 1. The molecule has 0 bridgehead atoms. The van der Waals surface area contributed by atoms with E-state index in [0.717, 1.165) is 11.5 Å². The number of furan rings is 1. The Hall–Kier alpha value is -3.22. The van der Waals surface area contributed by atoms with Gasteiger partial charge in [-0.2, -0.15) is 13.2 Å². The molecule has 0 saturated carbocycles. The molecule has 0 fully saturated rings. The van der Waals surface area contributed by atoms with E-state index < -0.39 is 11.9 Å². The standard InChI is InChI=1S/C19H12F3NO3/c1-25-15-6-4-12(13-9-16(19(20,21)22)26-18(13)15)10-2-5-14-11(8-10)3-7-17(24)23-14/h2-9H,1H3,(H,23,24). The molecule has 1 N–H and O–H groups in total. The van der Waals surface area contributed by atoms with Gasteiger partial charge in [-0.25, -0.2) is 0 Å². The fraction of sp³-hybridized carbons (Fsp3) is 0.105. The molecule has 2 heterocycles. The van der Waals surface area contributed by atoms with Crippen molar-refractivity contribution in [3.05, 3.63) is 64.6 Å². The van der Waals surface area contributed by atoms with Crippen LogP contribution < -0.4 is 10.3 Å². The molecule has 4 aromatic rings. The first-order chi connectivity index (χ1) is 12.4. The van der Waals surface area contributed by atoms with Crippen molar-refractivity contribution in [3.63, 3.8) is 0 Å². The Bertz CT molecular complexity index is 1190. The van der Waals surface area contributed by atoms with E-state index in [2.05, 4.69) is 4.98 Å². The highest BCUT2D eigenvalue weighted by Crippen LogP contribution is 2.41. The van der Waals surface area contributed by atoms with Crippen molar-refractivity contribution in [3.8, 4) is 16.9 Å². The number of rotatable bonds is 2. The minimum atomic E-state index is -4.59. The lowest BCUT2D eigenvalue weighted by Gasteiger charge is -2.07. The van der Waals surface area contributed by atoms with Crippen molar-refractivity contribution < 1.29 is 22.3 Å². The molecule has 0 aliphatic carbocycles. The first kappa shape index (κ1) is 16.3. The topological polar surface area (TPSA) is 55.2 Å². The highest BCUT2D eigenvalue weighted by atomic mass is 19.4. The van der Waals surface area contributed by atoms with Crippen LogP contribution in [0.5, 0.6) is 5.75 Å². The summed E-state index contributed by atoms with van der Waals surface area (Å²) in [5, 5.41) is 1.08. The van der Waals surface area contributed by atoms with Crippen LogP contribution >= 0.6 is 0 Å². The van der Waals surface area contributed by atoms with Crippen LogP contribution in [-0.2, 0) is 6.18 Å². The second kappa shape index (κ2) is 5.66. The SMILES string of the molecule is COc1ccc(-c2ccc3[nH]c(=O)ccc3c2)c2cc(C(F)(F)F)oc12. The number of ether oxygens (including phenoxy) is 1. The van der Waals surface area contributed by atoms with E-state index in [4.69, 9.17) is 9.15 Å². The van der Waals surface area contributed by atoms with Gasteiger partial charge in [0.2, 0.25) is 11.3 Å². The molecule has 0 saturated heterocycles. The molecule has 0 aliphatic heterocycles. The lowest BCUT2D eigenvalue weighted by Crippen LogP contribution is -2.02. The molecular weight excluding hydrogens is 347 g/mol. The smallest absolute Gasteiger partial charge is 0.449 e. The zero-order chi connectivity index (χ0) is 18.5. The van der Waals surface area contributed by atoms with Crippen LogP contribution in [0.4, 0.5) is 13.2 Å². The van der Waals surface area contributed by atoms with Gasteiger partial charge >= 0.3 is 6.18 Å². The number of pyridine rings is 1. The predicted molar refractivity (Wildman–Crippen MR) is 91.3 cm³/mol. The third kappa shape index (κ3) is 2.61. The summed E-state index contributed by atoms with van der Waals surface area (Å²) in [5.41, 5.74) is 1.75. The first-order valence-electron chi connectivity index (χ1n) is 7.68. The van der Waals surface area contributed by atoms with E-state index in [1.807, 2.05) is 0 Å². The molecule has 0 amide bonds. The number of halogens is 3. The summed E-state index contributed by atoms with van der Waals surface area (Å²) < 4.78 is 49.4. The van der Waals surface area contributed by atoms with Gasteiger partial charge in [0.15, 0.2) is 11.3 Å². The molecule has 7 heteroatoms. The number of alkyl halides is 3. The van der Waals surface area contributed by atoms with Gasteiger partial charge in [0.1, 0.15) is 0 Å². The summed E-state index contributed by atoms with van der Waals surface area (Å²) in [6.07, 6.45) is -4.59. The molecule has 0 radical (unpaired) electrons. The van der Waals surface area contributed by atoms with Crippen LogP contribution in [0.1, 0.15) is 5.76 Å². The molecule has 0 aliphatic rings. The number of hydrogen-bond acceptors (Lipinski definition) is 3. The lowest BCUT2D eigenvalue weighted by atomic mass is 9.99. The molecule has 4 rings (SSSR count). The molecule has 2 aromatic heterocycles. The highest BCUT2D eigenvalue weighted by Gasteiger charge is 2.36. The Kier molecular flexibility index (Phi) is 3.54. The maximum Gasteiger partial charge on any atom is 0.449 e. The Morgan fingerprint density at radius 2 is 1.85 bits per heavy atom. The van der Waals surface area contributed by atoms with Crippen molar-refractivity contribution in [2.75, 3.05) is 7.11 Å². The molecule has 132 valence electrons. The van der Waals surface area contributed by atoms with Crippen molar-refractivity contribution in [1.82, 2.24) is 4.98 Å². The largest absolute Gasteiger partial charge is 0.493 e. The minimum Gasteiger partial charge on any atom is -0.493 e. The quantitative estimate of drug-likeness (QED) is 0.550. The van der Waals surface area contributed by atoms with Gasteiger partial charge in [-0.15, -0.1) is 0 Å². The van der Waals surface area contributed by atoms with E-state index in [9.17, 15) is 18.0 Å². The Morgan fingerprint density at radius 1 is 1.04 bits per heavy atom. The summed E-state index contributed by atoms with van der Waals surface area (Å²) in [4.78, 5) is 14.1. The Labute approximate surface area is 144 Å². The van der Waals surface area contributed by atoms with Crippen molar-refractivity contribution >= 4 is 21.9 Å². The number of nitrogens with one attached hydrogen (secondary N) is 1. The van der Waals surface area contributed by atoms with Crippen molar-refractivity contribution in [2.24, 2.45) is 0 Å². The van der Waals surface area contributed by atoms with Crippen LogP contribution in [0.2, 0.25) is 0 Å². The number of fused-ring (bicyclic) bond motifs is 2.